The maximum Gasteiger partial charge on any atom is 0.222 e. The van der Waals surface area contributed by atoms with Gasteiger partial charge in [0.2, 0.25) is 4.89 Å². The summed E-state index contributed by atoms with van der Waals surface area (Å²) in [5.41, 5.74) is 0.928. The van der Waals surface area contributed by atoms with E-state index in [1.54, 1.807) is 13.3 Å². The normalized spacial score (nSPS) is 11.8. The lowest BCUT2D eigenvalue weighted by molar-refractivity contribution is 0.340. The Hall–Kier alpha value is -0.280. The van der Waals surface area contributed by atoms with Crippen LogP contribution < -0.4 is 4.74 Å². The standard InChI is InChI=1S/C10H13Cl2N2OPS/c1-3-15-10-6-4-9(5-7-10)8-13-14(2)16(11,12)17/h4-8H,3H2,1-2H3. The molecule has 0 spiro atoms. The number of rotatable bonds is 5. The summed E-state index contributed by atoms with van der Waals surface area (Å²) < 4.78 is 6.74. The van der Waals surface area contributed by atoms with E-state index in [-0.39, 0.29) is 0 Å². The minimum absolute atomic E-state index is 0.650. The van der Waals surface area contributed by atoms with Crippen LogP contribution in [0.2, 0.25) is 0 Å². The first kappa shape index (κ1) is 14.8. The third kappa shape index (κ3) is 5.26. The van der Waals surface area contributed by atoms with Gasteiger partial charge in [-0.1, -0.05) is 0 Å². The van der Waals surface area contributed by atoms with Crippen LogP contribution >= 0.6 is 27.4 Å². The Morgan fingerprint density at radius 3 is 2.47 bits per heavy atom. The fraction of sp³-hybridized carbons (Fsp3) is 0.300. The summed E-state index contributed by atoms with van der Waals surface area (Å²) >= 11 is 16.5. The molecule has 0 N–H and O–H groups in total. The quantitative estimate of drug-likeness (QED) is 0.466. The highest BCUT2D eigenvalue weighted by Gasteiger charge is 2.12. The molecule has 1 aromatic carbocycles. The van der Waals surface area contributed by atoms with Crippen molar-refractivity contribution in [1.82, 2.24) is 4.78 Å². The molecule has 0 aliphatic rings. The molecule has 94 valence electrons. The number of hydrogen-bond acceptors (Lipinski definition) is 3. The summed E-state index contributed by atoms with van der Waals surface area (Å²) in [5, 5.41) is 4.09. The average molecular weight is 311 g/mol. The molecule has 0 aliphatic heterocycles. The van der Waals surface area contributed by atoms with Crippen LogP contribution in [0.3, 0.4) is 0 Å². The molecule has 0 radical (unpaired) electrons. The van der Waals surface area contributed by atoms with E-state index in [0.29, 0.717) is 6.61 Å². The summed E-state index contributed by atoms with van der Waals surface area (Å²) in [4.78, 5) is -2.53. The van der Waals surface area contributed by atoms with Crippen molar-refractivity contribution in [2.24, 2.45) is 5.10 Å². The highest BCUT2D eigenvalue weighted by atomic mass is 35.9. The second-order valence-electron chi connectivity index (χ2n) is 3.17. The molecule has 0 atom stereocenters. The van der Waals surface area contributed by atoms with E-state index in [1.165, 1.54) is 4.78 Å². The van der Waals surface area contributed by atoms with Gasteiger partial charge in [0.05, 0.1) is 12.8 Å². The zero-order valence-electron chi connectivity index (χ0n) is 9.51. The van der Waals surface area contributed by atoms with Crippen molar-refractivity contribution >= 4 is 45.4 Å². The molecule has 0 unspecified atom stereocenters. The van der Waals surface area contributed by atoms with Crippen molar-refractivity contribution in [1.29, 1.82) is 0 Å². The number of hydrogen-bond donors (Lipinski definition) is 0. The highest BCUT2D eigenvalue weighted by Crippen LogP contribution is 2.59. The van der Waals surface area contributed by atoms with Gasteiger partial charge in [0.15, 0.2) is 0 Å². The number of ether oxygens (including phenoxy) is 1. The lowest BCUT2D eigenvalue weighted by Gasteiger charge is -2.15. The molecule has 3 nitrogen and oxygen atoms in total. The number of nitrogens with zero attached hydrogens (tertiary/aromatic N) is 2. The van der Waals surface area contributed by atoms with Gasteiger partial charge in [-0.2, -0.15) is 5.10 Å². The van der Waals surface area contributed by atoms with Gasteiger partial charge in [-0.3, -0.25) is 0 Å². The molecule has 0 aromatic heterocycles. The van der Waals surface area contributed by atoms with E-state index in [4.69, 9.17) is 39.0 Å². The molecular formula is C10H13Cl2N2OPS. The minimum Gasteiger partial charge on any atom is -0.494 e. The van der Waals surface area contributed by atoms with Gasteiger partial charge < -0.3 is 4.74 Å². The van der Waals surface area contributed by atoms with Crippen LogP contribution in [0.5, 0.6) is 5.75 Å². The van der Waals surface area contributed by atoms with Crippen LogP contribution in [0, 0.1) is 0 Å². The summed E-state index contributed by atoms with van der Waals surface area (Å²) in [5.74, 6) is 0.831. The third-order valence-corrected chi connectivity index (χ3v) is 4.70. The van der Waals surface area contributed by atoms with E-state index in [1.807, 2.05) is 31.2 Å². The highest BCUT2D eigenvalue weighted by molar-refractivity contribution is 8.37. The molecule has 1 rings (SSSR count). The Bertz CT molecular complexity index is 432. The number of hydrazone groups is 1. The summed E-state index contributed by atoms with van der Waals surface area (Å²) in [7, 11) is 1.66. The van der Waals surface area contributed by atoms with Crippen LogP contribution in [0.15, 0.2) is 29.4 Å². The molecule has 17 heavy (non-hydrogen) atoms. The predicted molar refractivity (Wildman–Crippen MR) is 79.0 cm³/mol. The van der Waals surface area contributed by atoms with Crippen molar-refractivity contribution in [2.45, 2.75) is 6.92 Å². The van der Waals surface area contributed by atoms with Crippen molar-refractivity contribution in [3.05, 3.63) is 29.8 Å². The zero-order chi connectivity index (χ0) is 12.9. The van der Waals surface area contributed by atoms with Gasteiger partial charge in [0.1, 0.15) is 5.75 Å². The fourth-order valence-electron chi connectivity index (χ4n) is 1.03. The van der Waals surface area contributed by atoms with Gasteiger partial charge in [-0.05, 0) is 71.0 Å². The van der Waals surface area contributed by atoms with Crippen LogP contribution in [-0.2, 0) is 11.8 Å². The molecule has 1 aromatic rings. The van der Waals surface area contributed by atoms with E-state index >= 15 is 0 Å². The average Bonchev–Trinajstić information content (AvgIpc) is 2.27. The molecule has 0 fully saturated rings. The Labute approximate surface area is 116 Å². The Kier molecular flexibility index (Phi) is 5.74. The first-order valence-corrected chi connectivity index (χ1v) is 9.50. The second kappa shape index (κ2) is 6.60. The number of benzene rings is 1. The molecule has 7 heteroatoms. The van der Waals surface area contributed by atoms with Gasteiger partial charge in [-0.15, -0.1) is 0 Å². The Balaban J connectivity index is 2.69. The van der Waals surface area contributed by atoms with Crippen molar-refractivity contribution in [3.8, 4) is 5.75 Å². The van der Waals surface area contributed by atoms with Gasteiger partial charge in [-0.25, -0.2) is 4.78 Å². The van der Waals surface area contributed by atoms with Gasteiger partial charge in [0, 0.05) is 7.05 Å². The fourth-order valence-corrected chi connectivity index (χ4v) is 1.56. The molecule has 0 heterocycles. The van der Waals surface area contributed by atoms with E-state index in [2.05, 4.69) is 5.10 Å². The van der Waals surface area contributed by atoms with E-state index in [0.717, 1.165) is 11.3 Å². The van der Waals surface area contributed by atoms with Crippen LogP contribution in [0.4, 0.5) is 0 Å². The van der Waals surface area contributed by atoms with Crippen LogP contribution in [0.25, 0.3) is 0 Å². The predicted octanol–water partition coefficient (Wildman–Crippen LogP) is 4.05. The SMILES string of the molecule is CCOc1ccc(C=NN(C)P(=S)(Cl)Cl)cc1. The molecule has 0 amide bonds. The monoisotopic (exact) mass is 310 g/mol. The summed E-state index contributed by atoms with van der Waals surface area (Å²) in [6.07, 6.45) is 1.65. The molecule has 0 aliphatic carbocycles. The molecule has 0 saturated heterocycles. The lowest BCUT2D eigenvalue weighted by atomic mass is 10.2. The lowest BCUT2D eigenvalue weighted by Crippen LogP contribution is -2.00. The number of halogens is 2. The first-order chi connectivity index (χ1) is 7.93. The molecule has 0 saturated carbocycles. The largest absolute Gasteiger partial charge is 0.494 e. The summed E-state index contributed by atoms with van der Waals surface area (Å²) in [6, 6.07) is 7.55. The zero-order valence-corrected chi connectivity index (χ0v) is 12.7. The third-order valence-electron chi connectivity index (χ3n) is 1.90. The minimum atomic E-state index is -2.53. The first-order valence-electron chi connectivity index (χ1n) is 4.94. The van der Waals surface area contributed by atoms with Crippen LogP contribution in [-0.4, -0.2) is 24.6 Å². The molecule has 0 bridgehead atoms. The van der Waals surface area contributed by atoms with Gasteiger partial charge >= 0.3 is 0 Å². The summed E-state index contributed by atoms with van der Waals surface area (Å²) in [6.45, 7) is 2.59. The van der Waals surface area contributed by atoms with E-state index in [9.17, 15) is 0 Å². The van der Waals surface area contributed by atoms with Crippen LogP contribution in [0.1, 0.15) is 12.5 Å². The molecular weight excluding hydrogens is 298 g/mol. The second-order valence-corrected chi connectivity index (χ2v) is 10.9. The Morgan fingerprint density at radius 1 is 1.41 bits per heavy atom. The van der Waals surface area contributed by atoms with Crippen molar-refractivity contribution in [2.75, 3.05) is 13.7 Å². The maximum absolute atomic E-state index is 5.80. The smallest absolute Gasteiger partial charge is 0.222 e. The topological polar surface area (TPSA) is 24.8 Å². The van der Waals surface area contributed by atoms with Gasteiger partial charge in [0.25, 0.3) is 0 Å². The maximum atomic E-state index is 5.80. The van der Waals surface area contributed by atoms with E-state index < -0.39 is 4.89 Å². The van der Waals surface area contributed by atoms with Crippen molar-refractivity contribution < 1.29 is 4.74 Å². The Morgan fingerprint density at radius 2 is 2.00 bits per heavy atom. The van der Waals surface area contributed by atoms with Crippen molar-refractivity contribution in [3.63, 3.8) is 0 Å².